The van der Waals surface area contributed by atoms with Gasteiger partial charge in [0.2, 0.25) is 0 Å². The van der Waals surface area contributed by atoms with Crippen molar-refractivity contribution in [3.8, 4) is 11.4 Å². The monoisotopic (exact) mass is 604 g/mol. The second-order valence-electron chi connectivity index (χ2n) is 7.92. The fourth-order valence-corrected chi connectivity index (χ4v) is 5.77. The van der Waals surface area contributed by atoms with Crippen LogP contribution < -0.4 is 0 Å². The van der Waals surface area contributed by atoms with E-state index >= 15 is 0 Å². The molecule has 2 heterocycles. The van der Waals surface area contributed by atoms with Crippen molar-refractivity contribution in [2.45, 2.75) is 5.60 Å². The summed E-state index contributed by atoms with van der Waals surface area (Å²) in [4.78, 5) is 0. The van der Waals surface area contributed by atoms with Gasteiger partial charge in [0.05, 0.1) is 27.1 Å². The van der Waals surface area contributed by atoms with Crippen LogP contribution in [0.3, 0.4) is 0 Å². The fraction of sp³-hybridized carbons (Fsp3) is 0.0370. The highest BCUT2D eigenvalue weighted by molar-refractivity contribution is 9.10. The molecule has 0 fully saturated rings. The second kappa shape index (κ2) is 9.70. The van der Waals surface area contributed by atoms with Crippen molar-refractivity contribution in [2.75, 3.05) is 0 Å². The van der Waals surface area contributed by atoms with Crippen LogP contribution in [0, 0.1) is 0 Å². The number of halogens is 5. The van der Waals surface area contributed by atoms with Gasteiger partial charge in [-0.1, -0.05) is 58.5 Å². The molecule has 1 atom stereocenters. The Labute approximate surface area is 231 Å². The van der Waals surface area contributed by atoms with Crippen LogP contribution in [-0.4, -0.2) is 14.2 Å². The van der Waals surface area contributed by atoms with Crippen LogP contribution in [0.2, 0.25) is 20.1 Å². The van der Waals surface area contributed by atoms with Crippen LogP contribution in [0.25, 0.3) is 11.4 Å². The van der Waals surface area contributed by atoms with Crippen LogP contribution in [0.5, 0.6) is 0 Å². The van der Waals surface area contributed by atoms with E-state index in [-0.39, 0.29) is 5.02 Å². The standard InChI is InChI=1S/C27H17BrCl4N2O/c28-21-16-18(30)9-11-24(21)34-14-4-7-25(34)27(35,19-5-3-6-22(31)26(19)32)20-15-17(29)8-10-23(20)33-12-1-2-13-33/h1-16,35H. The van der Waals surface area contributed by atoms with Crippen molar-refractivity contribution >= 4 is 62.3 Å². The maximum Gasteiger partial charge on any atom is 0.159 e. The molecule has 0 amide bonds. The summed E-state index contributed by atoms with van der Waals surface area (Å²) in [7, 11) is 0. The zero-order chi connectivity index (χ0) is 24.7. The molecule has 0 radical (unpaired) electrons. The van der Waals surface area contributed by atoms with Gasteiger partial charge in [-0.15, -0.1) is 0 Å². The minimum absolute atomic E-state index is 0.248. The third kappa shape index (κ3) is 4.33. The molecule has 176 valence electrons. The molecule has 1 unspecified atom stereocenters. The van der Waals surface area contributed by atoms with Crippen LogP contribution in [0.15, 0.2) is 102 Å². The third-order valence-corrected chi connectivity index (χ3v) is 7.79. The zero-order valence-electron chi connectivity index (χ0n) is 18.0. The Hall–Kier alpha value is -2.18. The van der Waals surface area contributed by atoms with Crippen molar-refractivity contribution in [3.05, 3.63) is 139 Å². The third-order valence-electron chi connectivity index (χ3n) is 5.86. The summed E-state index contributed by atoms with van der Waals surface area (Å²) in [6, 6.07) is 23.6. The molecule has 0 aliphatic rings. The van der Waals surface area contributed by atoms with E-state index in [9.17, 15) is 5.11 Å². The largest absolute Gasteiger partial charge is 0.374 e. The average Bonchev–Trinajstić information content (AvgIpc) is 3.53. The lowest BCUT2D eigenvalue weighted by molar-refractivity contribution is 0.119. The minimum atomic E-state index is -1.74. The highest BCUT2D eigenvalue weighted by Crippen LogP contribution is 2.46. The van der Waals surface area contributed by atoms with Crippen molar-refractivity contribution < 1.29 is 5.11 Å². The predicted octanol–water partition coefficient (Wildman–Crippen LogP) is 8.93. The van der Waals surface area contributed by atoms with E-state index in [1.807, 2.05) is 64.1 Å². The molecule has 0 saturated heterocycles. The molecule has 5 aromatic rings. The Balaban J connectivity index is 1.88. The van der Waals surface area contributed by atoms with Crippen molar-refractivity contribution in [2.24, 2.45) is 0 Å². The van der Waals surface area contributed by atoms with Crippen LogP contribution in [0.1, 0.15) is 16.8 Å². The maximum atomic E-state index is 12.8. The molecule has 0 saturated carbocycles. The van der Waals surface area contributed by atoms with Crippen molar-refractivity contribution in [1.82, 2.24) is 9.13 Å². The lowest BCUT2D eigenvalue weighted by Gasteiger charge is -2.34. The smallest absolute Gasteiger partial charge is 0.159 e. The lowest BCUT2D eigenvalue weighted by atomic mass is 9.82. The number of nitrogens with zero attached hydrogens (tertiary/aromatic N) is 2. The fourth-order valence-electron chi connectivity index (χ4n) is 4.29. The number of aliphatic hydroxyl groups is 1. The number of rotatable bonds is 5. The van der Waals surface area contributed by atoms with Crippen molar-refractivity contribution in [1.29, 1.82) is 0 Å². The Bertz CT molecular complexity index is 1530. The van der Waals surface area contributed by atoms with E-state index in [4.69, 9.17) is 46.4 Å². The Morgan fingerprint density at radius 2 is 1.37 bits per heavy atom. The van der Waals surface area contributed by atoms with Gasteiger partial charge in [0, 0.05) is 44.2 Å². The molecule has 35 heavy (non-hydrogen) atoms. The van der Waals surface area contributed by atoms with Gasteiger partial charge >= 0.3 is 0 Å². The summed E-state index contributed by atoms with van der Waals surface area (Å²) in [5.41, 5.74) is 1.29. The molecule has 5 rings (SSSR count). The van der Waals surface area contributed by atoms with Crippen LogP contribution in [-0.2, 0) is 5.60 Å². The number of hydrogen-bond acceptors (Lipinski definition) is 1. The molecule has 3 nitrogen and oxygen atoms in total. The lowest BCUT2D eigenvalue weighted by Crippen LogP contribution is -2.33. The Morgan fingerprint density at radius 3 is 2.09 bits per heavy atom. The highest BCUT2D eigenvalue weighted by atomic mass is 79.9. The van der Waals surface area contributed by atoms with Crippen molar-refractivity contribution in [3.63, 3.8) is 0 Å². The SMILES string of the molecule is OC(c1cc(Cl)ccc1-n1cccc1)(c1cccc(Cl)c1Cl)c1cccn1-c1ccc(Cl)cc1Br. The molecule has 2 aromatic heterocycles. The minimum Gasteiger partial charge on any atom is -0.374 e. The van der Waals surface area contributed by atoms with Gasteiger partial charge in [-0.3, -0.25) is 0 Å². The van der Waals surface area contributed by atoms with Gasteiger partial charge in [0.1, 0.15) is 0 Å². The normalized spacial score (nSPS) is 13.1. The first-order valence-electron chi connectivity index (χ1n) is 10.5. The second-order valence-corrected chi connectivity index (χ2v) is 10.4. The summed E-state index contributed by atoms with van der Waals surface area (Å²) in [6.07, 6.45) is 5.68. The first-order valence-corrected chi connectivity index (χ1v) is 12.8. The van der Waals surface area contributed by atoms with E-state index in [0.717, 1.165) is 15.8 Å². The first-order chi connectivity index (χ1) is 16.8. The average molecular weight is 607 g/mol. The zero-order valence-corrected chi connectivity index (χ0v) is 22.6. The van der Waals surface area contributed by atoms with E-state index < -0.39 is 5.60 Å². The molecular formula is C27H17BrCl4N2O. The van der Waals surface area contributed by atoms with Gasteiger partial charge in [-0.2, -0.15) is 0 Å². The van der Waals surface area contributed by atoms with E-state index in [1.54, 1.807) is 42.5 Å². The van der Waals surface area contributed by atoms with E-state index in [2.05, 4.69) is 15.9 Å². The molecule has 0 aliphatic heterocycles. The Morgan fingerprint density at radius 1 is 0.686 bits per heavy atom. The first kappa shape index (κ1) is 24.5. The summed E-state index contributed by atoms with van der Waals surface area (Å²) in [5, 5.41) is 14.5. The highest BCUT2D eigenvalue weighted by Gasteiger charge is 2.41. The summed E-state index contributed by atoms with van der Waals surface area (Å²) < 4.78 is 4.57. The van der Waals surface area contributed by atoms with Gasteiger partial charge in [0.25, 0.3) is 0 Å². The van der Waals surface area contributed by atoms with Gasteiger partial charge < -0.3 is 14.2 Å². The molecule has 3 aromatic carbocycles. The number of hydrogen-bond donors (Lipinski definition) is 1. The van der Waals surface area contributed by atoms with Gasteiger partial charge in [-0.25, -0.2) is 0 Å². The van der Waals surface area contributed by atoms with Crippen LogP contribution in [0.4, 0.5) is 0 Å². The summed E-state index contributed by atoms with van der Waals surface area (Å²) in [6.45, 7) is 0. The van der Waals surface area contributed by atoms with E-state index in [1.165, 1.54) is 0 Å². The topological polar surface area (TPSA) is 30.1 Å². The molecule has 0 aliphatic carbocycles. The Kier molecular flexibility index (Phi) is 6.79. The molecular weight excluding hydrogens is 590 g/mol. The molecule has 1 N–H and O–H groups in total. The van der Waals surface area contributed by atoms with Gasteiger partial charge in [-0.05, 0) is 82.7 Å². The number of aromatic nitrogens is 2. The quantitative estimate of drug-likeness (QED) is 0.213. The number of benzene rings is 3. The summed E-state index contributed by atoms with van der Waals surface area (Å²) in [5.74, 6) is 0. The maximum absolute atomic E-state index is 12.8. The van der Waals surface area contributed by atoms with Gasteiger partial charge in [0.15, 0.2) is 5.60 Å². The summed E-state index contributed by atoms with van der Waals surface area (Å²) >= 11 is 29.5. The van der Waals surface area contributed by atoms with E-state index in [0.29, 0.717) is 31.9 Å². The van der Waals surface area contributed by atoms with Crippen LogP contribution >= 0.6 is 62.3 Å². The molecule has 0 bridgehead atoms. The molecule has 0 spiro atoms. The predicted molar refractivity (Wildman–Crippen MR) is 148 cm³/mol. The molecule has 8 heteroatoms.